The molecule has 3 amide bonds. The Morgan fingerprint density at radius 1 is 1.08 bits per heavy atom. The van der Waals surface area contributed by atoms with Crippen LogP contribution in [0, 0.1) is 11.8 Å². The van der Waals surface area contributed by atoms with Gasteiger partial charge in [-0.05, 0) is 25.0 Å². The molecule has 1 N–H and O–H groups in total. The molecule has 4 unspecified atom stereocenters. The van der Waals surface area contributed by atoms with Gasteiger partial charge in [0, 0.05) is 5.69 Å². The monoisotopic (exact) mass is 358 g/mol. The highest BCUT2D eigenvalue weighted by Crippen LogP contribution is 2.48. The molecule has 0 saturated carbocycles. The van der Waals surface area contributed by atoms with Gasteiger partial charge in [-0.2, -0.15) is 0 Å². The van der Waals surface area contributed by atoms with E-state index in [2.05, 4.69) is 0 Å². The van der Waals surface area contributed by atoms with Gasteiger partial charge in [-0.25, -0.2) is 0 Å². The molecule has 0 radical (unpaired) electrons. The zero-order valence-corrected chi connectivity index (χ0v) is 13.9. The third-order valence-electron chi connectivity index (χ3n) is 5.33. The molecule has 2 bridgehead atoms. The highest BCUT2D eigenvalue weighted by molar-refractivity contribution is 6.10. The Hall–Kier alpha value is -2.74. The van der Waals surface area contributed by atoms with E-state index < -0.39 is 36.8 Å². The average Bonchev–Trinajstić information content (AvgIpc) is 3.30. The van der Waals surface area contributed by atoms with Gasteiger partial charge in [0.25, 0.3) is 0 Å². The number of ether oxygens (including phenoxy) is 1. The Kier molecular flexibility index (Phi) is 3.99. The molecule has 3 heterocycles. The van der Waals surface area contributed by atoms with E-state index in [0.29, 0.717) is 5.69 Å². The van der Waals surface area contributed by atoms with Gasteiger partial charge >= 0.3 is 5.97 Å². The normalized spacial score (nSPS) is 29.2. The first-order valence-corrected chi connectivity index (χ1v) is 8.55. The molecule has 0 aliphatic carbocycles. The van der Waals surface area contributed by atoms with Crippen molar-refractivity contribution in [3.05, 3.63) is 30.3 Å². The predicted octanol–water partition coefficient (Wildman–Crippen LogP) is 0.267. The lowest BCUT2D eigenvalue weighted by molar-refractivity contribution is -0.145. The van der Waals surface area contributed by atoms with Crippen LogP contribution in [0.4, 0.5) is 5.69 Å². The van der Waals surface area contributed by atoms with E-state index >= 15 is 0 Å². The fourth-order valence-corrected chi connectivity index (χ4v) is 4.22. The second kappa shape index (κ2) is 6.21. The summed E-state index contributed by atoms with van der Waals surface area (Å²) >= 11 is 0. The number of imide groups is 1. The minimum atomic E-state index is -1.18. The van der Waals surface area contributed by atoms with Crippen LogP contribution in [0.15, 0.2) is 30.3 Å². The molecular formula is C18H18N2O6. The first-order chi connectivity index (χ1) is 12.5. The van der Waals surface area contributed by atoms with Crippen LogP contribution in [0.5, 0.6) is 0 Å². The second-order valence-corrected chi connectivity index (χ2v) is 6.81. The van der Waals surface area contributed by atoms with Crippen LogP contribution in [-0.2, 0) is 23.9 Å². The van der Waals surface area contributed by atoms with Gasteiger partial charge in [-0.15, -0.1) is 0 Å². The maximum atomic E-state index is 12.7. The fraction of sp³-hybridized carbons (Fsp3) is 0.444. The molecule has 4 rings (SSSR count). The molecule has 3 aliphatic rings. The van der Waals surface area contributed by atoms with Crippen LogP contribution < -0.4 is 4.90 Å². The van der Waals surface area contributed by atoms with Crippen molar-refractivity contribution in [3.63, 3.8) is 0 Å². The van der Waals surface area contributed by atoms with Gasteiger partial charge in [-0.1, -0.05) is 18.2 Å². The number of carboxylic acids is 1. The van der Waals surface area contributed by atoms with Crippen molar-refractivity contribution in [2.75, 3.05) is 18.0 Å². The minimum absolute atomic E-state index is 0.245. The molecule has 4 atom stereocenters. The summed E-state index contributed by atoms with van der Waals surface area (Å²) in [5, 5.41) is 9.11. The van der Waals surface area contributed by atoms with Crippen LogP contribution in [0.25, 0.3) is 0 Å². The summed E-state index contributed by atoms with van der Waals surface area (Å²) in [6, 6.07) is 8.33. The zero-order chi connectivity index (χ0) is 18.4. The molecular weight excluding hydrogens is 340 g/mol. The Labute approximate surface area is 149 Å². The van der Waals surface area contributed by atoms with E-state index in [9.17, 15) is 19.2 Å². The topological polar surface area (TPSA) is 104 Å². The molecule has 0 aromatic heterocycles. The molecule has 136 valence electrons. The number of carboxylic acid groups (broad SMARTS) is 1. The van der Waals surface area contributed by atoms with Gasteiger partial charge in [0.2, 0.25) is 17.7 Å². The van der Waals surface area contributed by atoms with Crippen molar-refractivity contribution in [2.24, 2.45) is 11.8 Å². The van der Waals surface area contributed by atoms with Crippen LogP contribution in [0.3, 0.4) is 0 Å². The van der Waals surface area contributed by atoms with Gasteiger partial charge in [0.15, 0.2) is 0 Å². The van der Waals surface area contributed by atoms with Crippen molar-refractivity contribution in [3.8, 4) is 0 Å². The predicted molar refractivity (Wildman–Crippen MR) is 88.0 cm³/mol. The van der Waals surface area contributed by atoms with E-state index in [4.69, 9.17) is 9.84 Å². The maximum Gasteiger partial charge on any atom is 0.323 e. The van der Waals surface area contributed by atoms with Crippen molar-refractivity contribution in [1.82, 2.24) is 4.90 Å². The summed E-state index contributed by atoms with van der Waals surface area (Å²) in [5.74, 6) is -3.55. The quantitative estimate of drug-likeness (QED) is 0.758. The number of rotatable bonds is 5. The van der Waals surface area contributed by atoms with Gasteiger partial charge in [0.1, 0.15) is 13.1 Å². The number of hydrogen-bond acceptors (Lipinski definition) is 5. The molecule has 3 fully saturated rings. The minimum Gasteiger partial charge on any atom is -0.480 e. The van der Waals surface area contributed by atoms with Crippen LogP contribution >= 0.6 is 0 Å². The van der Waals surface area contributed by atoms with Gasteiger partial charge in [-0.3, -0.25) is 29.0 Å². The molecule has 3 saturated heterocycles. The SMILES string of the molecule is O=C(O)CN(C(=O)CN1C(=O)C2C3CCC(O3)C2C1=O)c1ccccc1. The first-order valence-electron chi connectivity index (χ1n) is 8.55. The first kappa shape index (κ1) is 16.7. The molecule has 8 nitrogen and oxygen atoms in total. The Bertz CT molecular complexity index is 751. The summed E-state index contributed by atoms with van der Waals surface area (Å²) in [6.45, 7) is -0.993. The Morgan fingerprint density at radius 2 is 1.65 bits per heavy atom. The lowest BCUT2D eigenvalue weighted by atomic mass is 9.81. The number of carbonyl (C=O) groups is 4. The molecule has 1 aromatic rings. The van der Waals surface area contributed by atoms with Gasteiger partial charge < -0.3 is 9.84 Å². The lowest BCUT2D eigenvalue weighted by Gasteiger charge is -2.24. The highest BCUT2D eigenvalue weighted by Gasteiger charge is 2.62. The lowest BCUT2D eigenvalue weighted by Crippen LogP contribution is -2.46. The van der Waals surface area contributed by atoms with E-state index in [1.165, 1.54) is 0 Å². The Balaban J connectivity index is 1.54. The number of carbonyl (C=O) groups excluding carboxylic acids is 3. The number of nitrogens with zero attached hydrogens (tertiary/aromatic N) is 2. The molecule has 26 heavy (non-hydrogen) atoms. The van der Waals surface area contributed by atoms with E-state index in [1.54, 1.807) is 30.3 Å². The number of hydrogen-bond donors (Lipinski definition) is 1. The number of aliphatic carboxylic acids is 1. The summed E-state index contributed by atoms with van der Waals surface area (Å²) < 4.78 is 5.66. The van der Waals surface area contributed by atoms with Crippen molar-refractivity contribution < 1.29 is 29.0 Å². The van der Waals surface area contributed by atoms with E-state index in [1.807, 2.05) is 0 Å². The third kappa shape index (κ3) is 2.57. The smallest absolute Gasteiger partial charge is 0.323 e. The summed E-state index contributed by atoms with van der Waals surface area (Å²) in [5.41, 5.74) is 0.405. The highest BCUT2D eigenvalue weighted by atomic mass is 16.5. The fourth-order valence-electron chi connectivity index (χ4n) is 4.22. The second-order valence-electron chi connectivity index (χ2n) is 6.81. The number of likely N-dealkylation sites (tertiary alicyclic amines) is 1. The standard InChI is InChI=1S/C18H18N2O6/c21-13(19(9-14(22)23)10-4-2-1-3-5-10)8-20-17(24)15-11-6-7-12(26-11)16(15)18(20)25/h1-5,11-12,15-16H,6-9H2,(H,22,23). The van der Waals surface area contributed by atoms with Crippen molar-refractivity contribution in [1.29, 1.82) is 0 Å². The van der Waals surface area contributed by atoms with Crippen molar-refractivity contribution in [2.45, 2.75) is 25.0 Å². The molecule has 0 spiro atoms. The number of benzene rings is 1. The number of amides is 3. The van der Waals surface area contributed by atoms with Gasteiger partial charge in [0.05, 0.1) is 24.0 Å². The van der Waals surface area contributed by atoms with Crippen LogP contribution in [0.2, 0.25) is 0 Å². The molecule has 8 heteroatoms. The van der Waals surface area contributed by atoms with E-state index in [-0.39, 0.29) is 24.0 Å². The third-order valence-corrected chi connectivity index (χ3v) is 5.33. The zero-order valence-electron chi connectivity index (χ0n) is 13.9. The summed E-state index contributed by atoms with van der Waals surface area (Å²) in [4.78, 5) is 51.2. The summed E-state index contributed by atoms with van der Waals surface area (Å²) in [6.07, 6.45) is 1.01. The number of anilines is 1. The van der Waals surface area contributed by atoms with E-state index in [0.717, 1.165) is 22.6 Å². The summed E-state index contributed by atoms with van der Waals surface area (Å²) in [7, 11) is 0. The van der Waals surface area contributed by atoms with Crippen LogP contribution in [0.1, 0.15) is 12.8 Å². The largest absolute Gasteiger partial charge is 0.480 e. The molecule has 1 aromatic carbocycles. The number of para-hydroxylation sites is 1. The average molecular weight is 358 g/mol. The van der Waals surface area contributed by atoms with Crippen LogP contribution in [-0.4, -0.2) is 59.0 Å². The molecule has 3 aliphatic heterocycles. The maximum absolute atomic E-state index is 12.7. The van der Waals surface area contributed by atoms with Crippen molar-refractivity contribution >= 4 is 29.4 Å². The number of fused-ring (bicyclic) bond motifs is 5. The Morgan fingerprint density at radius 3 is 2.19 bits per heavy atom.